The molecule has 26 heavy (non-hydrogen) atoms. The standard InChI is InChI=1S/C17H25FN2O4S2/c1-23-16-4-3-14(18)11-17(16)26(21,22)20-5-2-10-25-13-15(20)12-19-6-8-24-9-7-19/h3-4,11,15H,2,5-10,12-13H2,1H3/t15-/m1/s1. The van der Waals surface area contributed by atoms with Gasteiger partial charge in [0.15, 0.2) is 0 Å². The molecule has 1 aromatic carbocycles. The third-order valence-electron chi connectivity index (χ3n) is 4.67. The van der Waals surface area contributed by atoms with E-state index in [0.29, 0.717) is 26.3 Å². The maximum Gasteiger partial charge on any atom is 0.247 e. The lowest BCUT2D eigenvalue weighted by Crippen LogP contribution is -2.50. The Balaban J connectivity index is 1.90. The average Bonchev–Trinajstić information content (AvgIpc) is 2.88. The number of hydrogen-bond acceptors (Lipinski definition) is 6. The van der Waals surface area contributed by atoms with Crippen LogP contribution in [0.4, 0.5) is 4.39 Å². The van der Waals surface area contributed by atoms with Crippen LogP contribution in [0, 0.1) is 5.82 Å². The van der Waals surface area contributed by atoms with E-state index in [-0.39, 0.29) is 16.7 Å². The molecular weight excluding hydrogens is 379 g/mol. The second-order valence-electron chi connectivity index (χ2n) is 6.41. The van der Waals surface area contributed by atoms with Crippen LogP contribution in [0.1, 0.15) is 6.42 Å². The first-order valence-corrected chi connectivity index (χ1v) is 11.3. The van der Waals surface area contributed by atoms with Gasteiger partial charge in [0.25, 0.3) is 0 Å². The summed E-state index contributed by atoms with van der Waals surface area (Å²) in [6.07, 6.45) is 0.779. The topological polar surface area (TPSA) is 59.1 Å². The minimum Gasteiger partial charge on any atom is -0.495 e. The van der Waals surface area contributed by atoms with Crippen LogP contribution in [-0.2, 0) is 14.8 Å². The van der Waals surface area contributed by atoms with Crippen LogP contribution in [0.2, 0.25) is 0 Å². The van der Waals surface area contributed by atoms with Crippen LogP contribution in [0.25, 0.3) is 0 Å². The Bertz CT molecular complexity index is 711. The molecule has 0 aromatic heterocycles. The van der Waals surface area contributed by atoms with Crippen molar-refractivity contribution >= 4 is 21.8 Å². The van der Waals surface area contributed by atoms with Crippen molar-refractivity contribution in [1.82, 2.24) is 9.21 Å². The minimum absolute atomic E-state index is 0.0983. The summed E-state index contributed by atoms with van der Waals surface area (Å²) in [6.45, 7) is 4.04. The van der Waals surface area contributed by atoms with Crippen LogP contribution in [-0.4, -0.2) is 81.7 Å². The van der Waals surface area contributed by atoms with Crippen molar-refractivity contribution in [1.29, 1.82) is 0 Å². The molecule has 6 nitrogen and oxygen atoms in total. The average molecular weight is 405 g/mol. The first-order chi connectivity index (χ1) is 12.5. The van der Waals surface area contributed by atoms with Crippen LogP contribution in [0.5, 0.6) is 5.75 Å². The largest absolute Gasteiger partial charge is 0.495 e. The molecule has 0 N–H and O–H groups in total. The Morgan fingerprint density at radius 2 is 2.08 bits per heavy atom. The van der Waals surface area contributed by atoms with Crippen molar-refractivity contribution in [3.63, 3.8) is 0 Å². The van der Waals surface area contributed by atoms with E-state index in [9.17, 15) is 12.8 Å². The summed E-state index contributed by atoms with van der Waals surface area (Å²) in [6, 6.07) is 3.48. The van der Waals surface area contributed by atoms with Gasteiger partial charge in [-0.15, -0.1) is 0 Å². The van der Waals surface area contributed by atoms with Gasteiger partial charge in [-0.05, 0) is 30.4 Å². The highest BCUT2D eigenvalue weighted by atomic mass is 32.2. The summed E-state index contributed by atoms with van der Waals surface area (Å²) >= 11 is 1.77. The summed E-state index contributed by atoms with van der Waals surface area (Å²) in [7, 11) is -2.45. The minimum atomic E-state index is -3.85. The van der Waals surface area contributed by atoms with E-state index in [1.165, 1.54) is 19.2 Å². The zero-order valence-electron chi connectivity index (χ0n) is 14.9. The summed E-state index contributed by atoms with van der Waals surface area (Å²) < 4.78 is 52.6. The molecule has 2 heterocycles. The van der Waals surface area contributed by atoms with Crippen LogP contribution in [0.3, 0.4) is 0 Å². The van der Waals surface area contributed by atoms with Gasteiger partial charge in [-0.2, -0.15) is 16.1 Å². The number of nitrogens with zero attached hydrogens (tertiary/aromatic N) is 2. The highest BCUT2D eigenvalue weighted by molar-refractivity contribution is 7.99. The van der Waals surface area contributed by atoms with E-state index in [1.54, 1.807) is 16.1 Å². The second-order valence-corrected chi connectivity index (χ2v) is 9.42. The van der Waals surface area contributed by atoms with E-state index in [1.807, 2.05) is 0 Å². The van der Waals surface area contributed by atoms with Crippen molar-refractivity contribution in [2.45, 2.75) is 17.4 Å². The molecule has 0 amide bonds. The van der Waals surface area contributed by atoms with Crippen molar-refractivity contribution in [2.75, 3.05) is 58.0 Å². The van der Waals surface area contributed by atoms with Crippen LogP contribution in [0.15, 0.2) is 23.1 Å². The van der Waals surface area contributed by atoms with E-state index < -0.39 is 15.8 Å². The molecule has 0 unspecified atom stereocenters. The number of benzene rings is 1. The quantitative estimate of drug-likeness (QED) is 0.744. The Morgan fingerprint density at radius 1 is 1.31 bits per heavy atom. The zero-order chi connectivity index (χ0) is 18.6. The zero-order valence-corrected chi connectivity index (χ0v) is 16.5. The molecule has 0 radical (unpaired) electrons. The van der Waals surface area contributed by atoms with Gasteiger partial charge in [0.05, 0.1) is 20.3 Å². The maximum absolute atomic E-state index is 13.8. The molecule has 2 fully saturated rings. The van der Waals surface area contributed by atoms with E-state index in [0.717, 1.165) is 37.1 Å². The van der Waals surface area contributed by atoms with Crippen molar-refractivity contribution < 1.29 is 22.3 Å². The van der Waals surface area contributed by atoms with Gasteiger partial charge in [0.2, 0.25) is 10.0 Å². The lowest BCUT2D eigenvalue weighted by molar-refractivity contribution is 0.0309. The Kier molecular flexibility index (Phi) is 6.79. The van der Waals surface area contributed by atoms with Crippen molar-refractivity contribution in [2.24, 2.45) is 0 Å². The number of ether oxygens (including phenoxy) is 2. The highest BCUT2D eigenvalue weighted by Gasteiger charge is 2.35. The molecule has 3 rings (SSSR count). The van der Waals surface area contributed by atoms with E-state index in [4.69, 9.17) is 9.47 Å². The predicted molar refractivity (Wildman–Crippen MR) is 99.8 cm³/mol. The number of thioether (sulfide) groups is 1. The van der Waals surface area contributed by atoms with Gasteiger partial charge in [-0.1, -0.05) is 0 Å². The second kappa shape index (κ2) is 8.88. The smallest absolute Gasteiger partial charge is 0.247 e. The summed E-state index contributed by atoms with van der Waals surface area (Å²) in [4.78, 5) is 2.14. The molecule has 0 aliphatic carbocycles. The number of rotatable bonds is 5. The number of methoxy groups -OCH3 is 1. The van der Waals surface area contributed by atoms with Crippen LogP contribution >= 0.6 is 11.8 Å². The van der Waals surface area contributed by atoms with Gasteiger partial charge in [0.1, 0.15) is 16.5 Å². The van der Waals surface area contributed by atoms with Gasteiger partial charge in [0, 0.05) is 38.0 Å². The molecule has 9 heteroatoms. The number of hydrogen-bond donors (Lipinski definition) is 0. The summed E-state index contributed by atoms with van der Waals surface area (Å²) in [5.41, 5.74) is 0. The summed E-state index contributed by atoms with van der Waals surface area (Å²) in [5.74, 6) is 1.24. The van der Waals surface area contributed by atoms with E-state index in [2.05, 4.69) is 4.90 Å². The first kappa shape index (κ1) is 19.9. The SMILES string of the molecule is COc1ccc(F)cc1S(=O)(=O)N1CCCSC[C@H]1CN1CCOCC1. The molecule has 1 atom stereocenters. The van der Waals surface area contributed by atoms with Crippen molar-refractivity contribution in [3.8, 4) is 5.75 Å². The molecule has 1 aromatic rings. The predicted octanol–water partition coefficient (Wildman–Crippen LogP) is 1.66. The highest BCUT2D eigenvalue weighted by Crippen LogP contribution is 2.31. The molecule has 146 valence electrons. The lowest BCUT2D eigenvalue weighted by Gasteiger charge is -2.35. The number of morpholine rings is 1. The number of halogens is 1. The first-order valence-electron chi connectivity index (χ1n) is 8.75. The fraction of sp³-hybridized carbons (Fsp3) is 0.647. The van der Waals surface area contributed by atoms with Gasteiger partial charge >= 0.3 is 0 Å². The van der Waals surface area contributed by atoms with Crippen LogP contribution < -0.4 is 4.74 Å². The monoisotopic (exact) mass is 404 g/mol. The molecule has 0 bridgehead atoms. The van der Waals surface area contributed by atoms with Gasteiger partial charge < -0.3 is 9.47 Å². The Labute approximate surface area is 158 Å². The third-order valence-corrected chi connectivity index (χ3v) is 7.84. The molecule has 2 saturated heterocycles. The van der Waals surface area contributed by atoms with Gasteiger partial charge in [-0.3, -0.25) is 4.90 Å². The molecule has 0 spiro atoms. The fourth-order valence-electron chi connectivity index (χ4n) is 3.33. The fourth-order valence-corrected chi connectivity index (χ4v) is 6.30. The maximum atomic E-state index is 13.8. The van der Waals surface area contributed by atoms with Gasteiger partial charge in [-0.25, -0.2) is 12.8 Å². The molecule has 0 saturated carbocycles. The number of sulfonamides is 1. The summed E-state index contributed by atoms with van der Waals surface area (Å²) in [5, 5.41) is 0. The Morgan fingerprint density at radius 3 is 2.81 bits per heavy atom. The third kappa shape index (κ3) is 4.51. The Hall–Kier alpha value is -0.870. The molecule has 2 aliphatic rings. The van der Waals surface area contributed by atoms with E-state index >= 15 is 0 Å². The van der Waals surface area contributed by atoms with Crippen molar-refractivity contribution in [3.05, 3.63) is 24.0 Å². The lowest BCUT2D eigenvalue weighted by atomic mass is 10.2. The normalized spacial score (nSPS) is 23.5. The molecule has 2 aliphatic heterocycles. The molecular formula is C17H25FN2O4S2.